The lowest BCUT2D eigenvalue weighted by Gasteiger charge is -2.01. The van der Waals surface area contributed by atoms with E-state index in [0.717, 1.165) is 12.5 Å². The van der Waals surface area contributed by atoms with E-state index >= 15 is 0 Å². The molecule has 0 aliphatic heterocycles. The normalized spacial score (nSPS) is 12.2. The van der Waals surface area contributed by atoms with Crippen LogP contribution in [0.25, 0.3) is 5.52 Å². The second kappa shape index (κ2) is 2.45. The fourth-order valence-electron chi connectivity index (χ4n) is 1.06. The molecule has 0 spiro atoms. The minimum Gasteiger partial charge on any atom is -0.303 e. The third-order valence-corrected chi connectivity index (χ3v) is 1.61. The maximum atomic E-state index is 12.2. The molecular weight excluding hydrogens is 183 g/mol. The molecule has 2 rings (SSSR count). The van der Waals surface area contributed by atoms with Crippen LogP contribution in [0.1, 0.15) is 5.69 Å². The van der Waals surface area contributed by atoms with E-state index < -0.39 is 11.9 Å². The summed E-state index contributed by atoms with van der Waals surface area (Å²) in [6.07, 6.45) is 0.639. The number of hydrogen-bond donors (Lipinski definition) is 0. The zero-order valence-corrected chi connectivity index (χ0v) is 6.28. The minimum atomic E-state index is -4.42. The lowest BCUT2D eigenvalue weighted by molar-refractivity contribution is -0.139. The van der Waals surface area contributed by atoms with Crippen LogP contribution in [0.15, 0.2) is 24.9 Å². The Morgan fingerprint density at radius 1 is 1.31 bits per heavy atom. The molecule has 0 saturated carbocycles. The van der Waals surface area contributed by atoms with Gasteiger partial charge in [0.05, 0.1) is 11.7 Å². The predicted octanol–water partition coefficient (Wildman–Crippen LogP) is 1.75. The number of nitrogens with zero attached hydrogens (tertiary/aromatic N) is 3. The lowest BCUT2D eigenvalue weighted by Crippen LogP contribution is -2.06. The average Bonchev–Trinajstić information content (AvgIpc) is 2.45. The Hall–Kier alpha value is -1.59. The second-order valence-corrected chi connectivity index (χ2v) is 2.46. The number of imidazole rings is 1. The fourth-order valence-corrected chi connectivity index (χ4v) is 1.06. The summed E-state index contributed by atoms with van der Waals surface area (Å²) >= 11 is 0. The largest absolute Gasteiger partial charge is 0.435 e. The fraction of sp³-hybridized carbons (Fsp3) is 0.143. The zero-order chi connectivity index (χ0) is 9.47. The molecule has 6 heteroatoms. The maximum absolute atomic E-state index is 12.2. The van der Waals surface area contributed by atoms with E-state index in [9.17, 15) is 13.2 Å². The van der Waals surface area contributed by atoms with Gasteiger partial charge >= 0.3 is 6.18 Å². The highest BCUT2D eigenvalue weighted by atomic mass is 19.4. The number of aromatic nitrogens is 3. The molecule has 0 aliphatic rings. The van der Waals surface area contributed by atoms with Gasteiger partial charge in [0.2, 0.25) is 0 Å². The molecule has 68 valence electrons. The highest BCUT2D eigenvalue weighted by molar-refractivity contribution is 5.50. The summed E-state index contributed by atoms with van der Waals surface area (Å²) in [5.41, 5.74) is -0.935. The minimum absolute atomic E-state index is 0.0324. The molecular formula is C7H4F3N3. The van der Waals surface area contributed by atoms with Crippen LogP contribution in [-0.4, -0.2) is 14.4 Å². The molecule has 3 nitrogen and oxygen atoms in total. The molecule has 0 bridgehead atoms. The molecule has 0 amide bonds. The van der Waals surface area contributed by atoms with Crippen LogP contribution < -0.4 is 0 Å². The topological polar surface area (TPSA) is 30.2 Å². The Morgan fingerprint density at radius 3 is 2.77 bits per heavy atom. The van der Waals surface area contributed by atoms with E-state index in [4.69, 9.17) is 0 Å². The maximum Gasteiger partial charge on any atom is 0.435 e. The molecule has 0 aliphatic carbocycles. The number of alkyl halides is 3. The van der Waals surface area contributed by atoms with E-state index in [1.165, 1.54) is 16.8 Å². The van der Waals surface area contributed by atoms with E-state index in [1.54, 1.807) is 0 Å². The first-order valence-corrected chi connectivity index (χ1v) is 3.43. The van der Waals surface area contributed by atoms with Crippen molar-refractivity contribution >= 4 is 5.52 Å². The van der Waals surface area contributed by atoms with Crippen LogP contribution in [0, 0.1) is 0 Å². The van der Waals surface area contributed by atoms with Gasteiger partial charge in [-0.3, -0.25) is 4.98 Å². The van der Waals surface area contributed by atoms with Gasteiger partial charge in [-0.1, -0.05) is 0 Å². The number of halogens is 3. The van der Waals surface area contributed by atoms with Crippen molar-refractivity contribution in [3.63, 3.8) is 0 Å². The first-order chi connectivity index (χ1) is 6.09. The SMILES string of the molecule is FC(F)(F)c1ncn2ccncc12. The zero-order valence-electron chi connectivity index (χ0n) is 6.28. The van der Waals surface area contributed by atoms with Gasteiger partial charge < -0.3 is 4.40 Å². The standard InChI is InChI=1S/C7H4F3N3/c8-7(9,10)6-5-3-11-1-2-13(5)4-12-6/h1-4H. The van der Waals surface area contributed by atoms with Crippen molar-refractivity contribution in [1.82, 2.24) is 14.4 Å². The van der Waals surface area contributed by atoms with Crippen molar-refractivity contribution in [2.45, 2.75) is 6.18 Å². The first kappa shape index (κ1) is 8.03. The summed E-state index contributed by atoms with van der Waals surface area (Å²) in [4.78, 5) is 6.86. The third-order valence-electron chi connectivity index (χ3n) is 1.61. The molecule has 0 fully saturated rings. The summed E-state index contributed by atoms with van der Waals surface area (Å²) in [6, 6.07) is 0. The number of hydrogen-bond acceptors (Lipinski definition) is 2. The predicted molar refractivity (Wildman–Crippen MR) is 38.0 cm³/mol. The van der Waals surface area contributed by atoms with Gasteiger partial charge in [-0.25, -0.2) is 4.98 Å². The molecule has 0 aromatic carbocycles. The lowest BCUT2D eigenvalue weighted by atomic mass is 10.4. The van der Waals surface area contributed by atoms with Crippen molar-refractivity contribution in [3.8, 4) is 0 Å². The molecule has 2 aromatic rings. The summed E-state index contributed by atoms with van der Waals surface area (Å²) in [6.45, 7) is 0. The molecule has 0 N–H and O–H groups in total. The second-order valence-electron chi connectivity index (χ2n) is 2.46. The molecule has 0 unspecified atom stereocenters. The van der Waals surface area contributed by atoms with Crippen LogP contribution in [0.2, 0.25) is 0 Å². The van der Waals surface area contributed by atoms with Crippen LogP contribution in [-0.2, 0) is 6.18 Å². The van der Waals surface area contributed by atoms with Gasteiger partial charge in [-0.2, -0.15) is 13.2 Å². The van der Waals surface area contributed by atoms with E-state index in [0.29, 0.717) is 0 Å². The molecule has 0 saturated heterocycles. The molecule has 2 heterocycles. The monoisotopic (exact) mass is 187 g/mol. The summed E-state index contributed by atoms with van der Waals surface area (Å²) < 4.78 is 38.0. The van der Waals surface area contributed by atoms with Gasteiger partial charge in [-0.15, -0.1) is 0 Å². The Bertz CT molecular complexity index is 432. The summed E-state index contributed by atoms with van der Waals surface area (Å²) in [5, 5.41) is 0. The van der Waals surface area contributed by atoms with Crippen LogP contribution in [0.4, 0.5) is 13.2 Å². The van der Waals surface area contributed by atoms with E-state index in [-0.39, 0.29) is 5.52 Å². The van der Waals surface area contributed by atoms with E-state index in [1.807, 2.05) is 0 Å². The van der Waals surface area contributed by atoms with E-state index in [2.05, 4.69) is 9.97 Å². The first-order valence-electron chi connectivity index (χ1n) is 3.43. The van der Waals surface area contributed by atoms with Gasteiger partial charge in [0.15, 0.2) is 5.69 Å². The van der Waals surface area contributed by atoms with Crippen LogP contribution in [0.3, 0.4) is 0 Å². The van der Waals surface area contributed by atoms with Crippen molar-refractivity contribution < 1.29 is 13.2 Å². The Labute approximate surface area is 70.9 Å². The van der Waals surface area contributed by atoms with Crippen molar-refractivity contribution in [2.75, 3.05) is 0 Å². The Balaban J connectivity index is 2.72. The van der Waals surface area contributed by atoms with Crippen LogP contribution in [0.5, 0.6) is 0 Å². The molecule has 0 radical (unpaired) electrons. The average molecular weight is 187 g/mol. The number of rotatable bonds is 0. The Morgan fingerprint density at radius 2 is 2.08 bits per heavy atom. The highest BCUT2D eigenvalue weighted by Crippen LogP contribution is 2.30. The Kier molecular flexibility index (Phi) is 1.51. The van der Waals surface area contributed by atoms with Gasteiger partial charge in [-0.05, 0) is 0 Å². The van der Waals surface area contributed by atoms with Crippen molar-refractivity contribution in [1.29, 1.82) is 0 Å². The number of fused-ring (bicyclic) bond motifs is 1. The van der Waals surface area contributed by atoms with Gasteiger partial charge in [0.1, 0.15) is 6.33 Å². The van der Waals surface area contributed by atoms with Crippen molar-refractivity contribution in [3.05, 3.63) is 30.6 Å². The quantitative estimate of drug-likeness (QED) is 0.628. The van der Waals surface area contributed by atoms with Crippen LogP contribution >= 0.6 is 0 Å². The van der Waals surface area contributed by atoms with Gasteiger partial charge in [0.25, 0.3) is 0 Å². The van der Waals surface area contributed by atoms with Crippen molar-refractivity contribution in [2.24, 2.45) is 0 Å². The molecule has 2 aromatic heterocycles. The highest BCUT2D eigenvalue weighted by Gasteiger charge is 2.35. The summed E-state index contributed by atoms with van der Waals surface area (Å²) in [7, 11) is 0. The summed E-state index contributed by atoms with van der Waals surface area (Å²) in [5.74, 6) is 0. The molecule has 13 heavy (non-hydrogen) atoms. The smallest absolute Gasteiger partial charge is 0.303 e. The third kappa shape index (κ3) is 1.24. The molecule has 0 atom stereocenters. The van der Waals surface area contributed by atoms with Gasteiger partial charge in [0, 0.05) is 12.4 Å².